The number of rotatable bonds is 2. The number of fused-ring (bicyclic) bond motifs is 1. The van der Waals surface area contributed by atoms with E-state index in [9.17, 15) is 4.79 Å². The first-order valence-electron chi connectivity index (χ1n) is 6.49. The number of nitrogens with one attached hydrogen (secondary N) is 1. The monoisotopic (exact) mass is 322 g/mol. The Balaban J connectivity index is 1.82. The number of amides is 1. The lowest BCUT2D eigenvalue weighted by Gasteiger charge is -2.26. The molecule has 0 radical (unpaired) electrons. The van der Waals surface area contributed by atoms with Crippen LogP contribution >= 0.6 is 23.2 Å². The number of halogens is 2. The highest BCUT2D eigenvalue weighted by Crippen LogP contribution is 2.31. The van der Waals surface area contributed by atoms with E-state index >= 15 is 0 Å². The van der Waals surface area contributed by atoms with E-state index in [0.29, 0.717) is 12.2 Å². The van der Waals surface area contributed by atoms with E-state index in [2.05, 4.69) is 10.3 Å². The van der Waals surface area contributed by atoms with Gasteiger partial charge >= 0.3 is 0 Å². The zero-order valence-electron chi connectivity index (χ0n) is 11.0. The number of benzene rings is 1. The highest BCUT2D eigenvalue weighted by Gasteiger charge is 2.23. The summed E-state index contributed by atoms with van der Waals surface area (Å²) in [6.07, 6.45) is 0.718. The second kappa shape index (κ2) is 5.92. The van der Waals surface area contributed by atoms with Crippen molar-refractivity contribution in [2.75, 3.05) is 6.61 Å². The third-order valence-corrected chi connectivity index (χ3v) is 3.68. The molecule has 1 aliphatic rings. The SMILES string of the molecule is O=C(NC1CCOc2ccccc21)c1cc(Cl)nc(Cl)c1. The Bertz CT molecular complexity index is 671. The molecule has 2 heterocycles. The van der Waals surface area contributed by atoms with Crippen LogP contribution in [0.2, 0.25) is 10.3 Å². The van der Waals surface area contributed by atoms with Crippen molar-refractivity contribution in [2.24, 2.45) is 0 Å². The highest BCUT2D eigenvalue weighted by molar-refractivity contribution is 6.33. The molecular weight excluding hydrogens is 311 g/mol. The maximum absolute atomic E-state index is 12.3. The summed E-state index contributed by atoms with van der Waals surface area (Å²) < 4.78 is 5.58. The molecule has 1 aromatic carbocycles. The topological polar surface area (TPSA) is 51.2 Å². The average molecular weight is 323 g/mol. The van der Waals surface area contributed by atoms with Gasteiger partial charge in [-0.15, -0.1) is 0 Å². The van der Waals surface area contributed by atoms with Crippen LogP contribution < -0.4 is 10.1 Å². The molecule has 0 spiro atoms. The molecule has 2 aromatic rings. The van der Waals surface area contributed by atoms with Gasteiger partial charge in [-0.2, -0.15) is 0 Å². The molecule has 21 heavy (non-hydrogen) atoms. The van der Waals surface area contributed by atoms with E-state index in [1.165, 1.54) is 12.1 Å². The highest BCUT2D eigenvalue weighted by atomic mass is 35.5. The fourth-order valence-electron chi connectivity index (χ4n) is 2.33. The van der Waals surface area contributed by atoms with Crippen LogP contribution in [0.5, 0.6) is 5.75 Å². The van der Waals surface area contributed by atoms with Crippen LogP contribution in [0.25, 0.3) is 0 Å². The number of carbonyl (C=O) groups excluding carboxylic acids is 1. The van der Waals surface area contributed by atoms with Gasteiger partial charge in [-0.3, -0.25) is 4.79 Å². The van der Waals surface area contributed by atoms with E-state index < -0.39 is 0 Å². The molecular formula is C15H12Cl2N2O2. The normalized spacial score (nSPS) is 16.8. The molecule has 1 N–H and O–H groups in total. The van der Waals surface area contributed by atoms with Crippen LogP contribution in [0.1, 0.15) is 28.4 Å². The van der Waals surface area contributed by atoms with Gasteiger partial charge in [-0.1, -0.05) is 41.4 Å². The van der Waals surface area contributed by atoms with Gasteiger partial charge in [0, 0.05) is 17.5 Å². The van der Waals surface area contributed by atoms with Crippen molar-refractivity contribution in [3.63, 3.8) is 0 Å². The summed E-state index contributed by atoms with van der Waals surface area (Å²) in [7, 11) is 0. The first-order chi connectivity index (χ1) is 10.1. The molecule has 3 rings (SSSR count). The summed E-state index contributed by atoms with van der Waals surface area (Å²) in [6.45, 7) is 0.569. The minimum absolute atomic E-state index is 0.0897. The fraction of sp³-hybridized carbons (Fsp3) is 0.200. The maximum atomic E-state index is 12.3. The second-order valence-electron chi connectivity index (χ2n) is 4.70. The van der Waals surface area contributed by atoms with E-state index in [0.717, 1.165) is 17.7 Å². The first-order valence-corrected chi connectivity index (χ1v) is 7.25. The molecule has 0 fully saturated rings. The van der Waals surface area contributed by atoms with Gasteiger partial charge in [0.1, 0.15) is 16.1 Å². The van der Waals surface area contributed by atoms with Crippen LogP contribution in [0.4, 0.5) is 0 Å². The van der Waals surface area contributed by atoms with Crippen molar-refractivity contribution in [1.82, 2.24) is 10.3 Å². The molecule has 0 saturated heterocycles. The molecule has 6 heteroatoms. The number of ether oxygens (including phenoxy) is 1. The van der Waals surface area contributed by atoms with Gasteiger partial charge in [0.15, 0.2) is 0 Å². The second-order valence-corrected chi connectivity index (χ2v) is 5.48. The van der Waals surface area contributed by atoms with E-state index in [4.69, 9.17) is 27.9 Å². The molecule has 1 amide bonds. The van der Waals surface area contributed by atoms with E-state index in [1.54, 1.807) is 0 Å². The number of carbonyl (C=O) groups is 1. The smallest absolute Gasteiger partial charge is 0.251 e. The molecule has 4 nitrogen and oxygen atoms in total. The number of hydrogen-bond donors (Lipinski definition) is 1. The van der Waals surface area contributed by atoms with Crippen molar-refractivity contribution in [3.05, 3.63) is 57.8 Å². The lowest BCUT2D eigenvalue weighted by Crippen LogP contribution is -2.32. The Hall–Kier alpha value is -1.78. The maximum Gasteiger partial charge on any atom is 0.251 e. The molecule has 0 saturated carbocycles. The lowest BCUT2D eigenvalue weighted by atomic mass is 10.0. The summed E-state index contributed by atoms with van der Waals surface area (Å²) in [4.78, 5) is 16.2. The van der Waals surface area contributed by atoms with Gasteiger partial charge in [0.25, 0.3) is 5.91 Å². The summed E-state index contributed by atoms with van der Waals surface area (Å²) in [5, 5.41) is 3.37. The third kappa shape index (κ3) is 3.12. The molecule has 0 aliphatic carbocycles. The van der Waals surface area contributed by atoms with Crippen molar-refractivity contribution < 1.29 is 9.53 Å². The third-order valence-electron chi connectivity index (χ3n) is 3.29. The zero-order valence-corrected chi connectivity index (χ0v) is 12.5. The van der Waals surface area contributed by atoms with Gasteiger partial charge in [0.05, 0.1) is 12.6 Å². The zero-order chi connectivity index (χ0) is 14.8. The Morgan fingerprint density at radius 2 is 1.95 bits per heavy atom. The molecule has 1 atom stereocenters. The Kier molecular flexibility index (Phi) is 3.99. The van der Waals surface area contributed by atoms with Gasteiger partial charge in [0.2, 0.25) is 0 Å². The molecule has 108 valence electrons. The van der Waals surface area contributed by atoms with E-state index in [1.807, 2.05) is 24.3 Å². The fourth-order valence-corrected chi connectivity index (χ4v) is 2.79. The van der Waals surface area contributed by atoms with Gasteiger partial charge in [-0.05, 0) is 18.2 Å². The molecule has 1 aliphatic heterocycles. The lowest BCUT2D eigenvalue weighted by molar-refractivity contribution is 0.0924. The standard InChI is InChI=1S/C15H12Cl2N2O2/c16-13-7-9(8-14(17)19-13)15(20)18-11-5-6-21-12-4-2-1-3-10(11)12/h1-4,7-8,11H,5-6H2,(H,18,20). The minimum atomic E-state index is -0.233. The Morgan fingerprint density at radius 3 is 2.71 bits per heavy atom. The number of nitrogens with zero attached hydrogens (tertiary/aromatic N) is 1. The average Bonchev–Trinajstić information content (AvgIpc) is 2.46. The van der Waals surface area contributed by atoms with Crippen molar-refractivity contribution in [1.29, 1.82) is 0 Å². The Labute approximate surface area is 132 Å². The number of aromatic nitrogens is 1. The van der Waals surface area contributed by atoms with E-state index in [-0.39, 0.29) is 22.3 Å². The summed E-state index contributed by atoms with van der Waals surface area (Å²) in [6, 6.07) is 10.6. The summed E-state index contributed by atoms with van der Waals surface area (Å²) in [5.74, 6) is 0.572. The van der Waals surface area contributed by atoms with Gasteiger partial charge in [-0.25, -0.2) is 4.98 Å². The largest absolute Gasteiger partial charge is 0.493 e. The Morgan fingerprint density at radius 1 is 1.24 bits per heavy atom. The number of hydrogen-bond acceptors (Lipinski definition) is 3. The van der Waals surface area contributed by atoms with Crippen LogP contribution in [-0.2, 0) is 0 Å². The predicted molar refractivity (Wildman–Crippen MR) is 81.0 cm³/mol. The minimum Gasteiger partial charge on any atom is -0.493 e. The first kappa shape index (κ1) is 14.2. The molecule has 1 unspecified atom stereocenters. The van der Waals surface area contributed by atoms with Crippen molar-refractivity contribution in [3.8, 4) is 5.75 Å². The van der Waals surface area contributed by atoms with Crippen molar-refractivity contribution in [2.45, 2.75) is 12.5 Å². The van der Waals surface area contributed by atoms with Crippen LogP contribution in [0, 0.1) is 0 Å². The quantitative estimate of drug-likeness (QED) is 0.859. The van der Waals surface area contributed by atoms with Gasteiger partial charge < -0.3 is 10.1 Å². The number of para-hydroxylation sites is 1. The molecule has 1 aromatic heterocycles. The van der Waals surface area contributed by atoms with Crippen LogP contribution in [0.15, 0.2) is 36.4 Å². The predicted octanol–water partition coefficient (Wildman–Crippen LogP) is 3.64. The van der Waals surface area contributed by atoms with Crippen LogP contribution in [-0.4, -0.2) is 17.5 Å². The number of pyridine rings is 1. The summed E-state index contributed by atoms with van der Waals surface area (Å²) in [5.41, 5.74) is 1.37. The summed E-state index contributed by atoms with van der Waals surface area (Å²) >= 11 is 11.6. The van der Waals surface area contributed by atoms with Crippen LogP contribution in [0.3, 0.4) is 0 Å². The molecule has 0 bridgehead atoms. The van der Waals surface area contributed by atoms with Crippen molar-refractivity contribution >= 4 is 29.1 Å².